The van der Waals surface area contributed by atoms with Crippen LogP contribution in [-0.4, -0.2) is 50.6 Å². The summed E-state index contributed by atoms with van der Waals surface area (Å²) in [4.78, 5) is 16.0. The van der Waals surface area contributed by atoms with Gasteiger partial charge in [-0.1, -0.05) is 0 Å². The number of hydrogen-bond donors (Lipinski definition) is 1. The minimum Gasteiger partial charge on any atom is -0.365 e. The molecule has 1 fully saturated rings. The summed E-state index contributed by atoms with van der Waals surface area (Å²) in [5.41, 5.74) is 2.58. The van der Waals surface area contributed by atoms with Crippen LogP contribution in [0.5, 0.6) is 0 Å². The fourth-order valence-corrected chi connectivity index (χ4v) is 2.32. The van der Waals surface area contributed by atoms with Crippen LogP contribution < -0.4 is 10.2 Å². The van der Waals surface area contributed by atoms with E-state index in [1.165, 1.54) is 0 Å². The minimum absolute atomic E-state index is 0.149. The molecule has 5 heteroatoms. The number of amides is 1. The number of aryl methyl sites for hydroxylation is 1. The Morgan fingerprint density at radius 3 is 2.75 bits per heavy atom. The fraction of sp³-hybridized carbons (Fsp3) is 0.467. The maximum Gasteiger partial charge on any atom is 0.242 e. The topological polar surface area (TPSA) is 59.4 Å². The number of anilines is 1. The van der Waals surface area contributed by atoms with E-state index in [-0.39, 0.29) is 5.91 Å². The number of nitrogens with one attached hydrogen (secondary N) is 1. The van der Waals surface area contributed by atoms with Crippen molar-refractivity contribution in [3.63, 3.8) is 0 Å². The van der Waals surface area contributed by atoms with E-state index in [1.807, 2.05) is 35.9 Å². The highest BCUT2D eigenvalue weighted by atomic mass is 16.2. The highest BCUT2D eigenvalue weighted by molar-refractivity contribution is 5.81. The van der Waals surface area contributed by atoms with Crippen LogP contribution in [0.15, 0.2) is 18.2 Å². The van der Waals surface area contributed by atoms with E-state index in [9.17, 15) is 4.79 Å². The van der Waals surface area contributed by atoms with Crippen LogP contribution in [0.4, 0.5) is 5.69 Å². The van der Waals surface area contributed by atoms with Gasteiger partial charge in [-0.15, -0.1) is 0 Å². The van der Waals surface area contributed by atoms with Crippen LogP contribution >= 0.6 is 0 Å². The molecular weight excluding hydrogens is 252 g/mol. The van der Waals surface area contributed by atoms with Crippen molar-refractivity contribution < 1.29 is 4.79 Å². The lowest BCUT2D eigenvalue weighted by molar-refractivity contribution is -0.130. The number of piperazine rings is 1. The molecule has 0 radical (unpaired) electrons. The van der Waals surface area contributed by atoms with E-state index in [4.69, 9.17) is 5.26 Å². The molecule has 0 aromatic heterocycles. The zero-order valence-electron chi connectivity index (χ0n) is 12.0. The van der Waals surface area contributed by atoms with Gasteiger partial charge in [0, 0.05) is 38.9 Å². The number of hydrogen-bond acceptors (Lipinski definition) is 4. The number of carbonyl (C=O) groups excluding carboxylic acids is 1. The summed E-state index contributed by atoms with van der Waals surface area (Å²) < 4.78 is 0. The van der Waals surface area contributed by atoms with Gasteiger partial charge in [0.2, 0.25) is 5.91 Å². The van der Waals surface area contributed by atoms with Crippen molar-refractivity contribution in [2.75, 3.05) is 44.7 Å². The molecule has 1 aliphatic heterocycles. The maximum absolute atomic E-state index is 12.2. The molecule has 1 amide bonds. The SMILES string of the molecule is Cc1cc(N(C)CC(=O)N2CCNCC2)ccc1C#N. The Hall–Kier alpha value is -2.06. The van der Waals surface area contributed by atoms with Crippen LogP contribution in [0.2, 0.25) is 0 Å². The van der Waals surface area contributed by atoms with Crippen LogP contribution in [0.1, 0.15) is 11.1 Å². The van der Waals surface area contributed by atoms with Crippen molar-refractivity contribution in [1.29, 1.82) is 5.26 Å². The molecular formula is C15H20N4O. The monoisotopic (exact) mass is 272 g/mol. The van der Waals surface area contributed by atoms with E-state index >= 15 is 0 Å². The molecule has 1 aromatic rings. The first-order chi connectivity index (χ1) is 9.61. The lowest BCUT2D eigenvalue weighted by Crippen LogP contribution is -2.49. The number of nitriles is 1. The number of benzene rings is 1. The number of nitrogens with zero attached hydrogens (tertiary/aromatic N) is 3. The van der Waals surface area contributed by atoms with Crippen molar-refractivity contribution in [1.82, 2.24) is 10.2 Å². The molecule has 1 saturated heterocycles. The van der Waals surface area contributed by atoms with E-state index in [0.29, 0.717) is 12.1 Å². The molecule has 1 aliphatic rings. The summed E-state index contributed by atoms with van der Waals surface area (Å²) in [5, 5.41) is 12.2. The molecule has 1 N–H and O–H groups in total. The molecule has 2 rings (SSSR count). The molecule has 0 saturated carbocycles. The van der Waals surface area contributed by atoms with Gasteiger partial charge in [-0.3, -0.25) is 4.79 Å². The quantitative estimate of drug-likeness (QED) is 0.881. The van der Waals surface area contributed by atoms with Gasteiger partial charge in [0.1, 0.15) is 0 Å². The summed E-state index contributed by atoms with van der Waals surface area (Å²) in [6, 6.07) is 7.79. The second-order valence-electron chi connectivity index (χ2n) is 5.10. The molecule has 0 unspecified atom stereocenters. The number of carbonyl (C=O) groups is 1. The first-order valence-corrected chi connectivity index (χ1v) is 6.82. The highest BCUT2D eigenvalue weighted by Crippen LogP contribution is 2.17. The third kappa shape index (κ3) is 3.28. The predicted molar refractivity (Wildman–Crippen MR) is 78.6 cm³/mol. The van der Waals surface area contributed by atoms with Gasteiger partial charge in [0.15, 0.2) is 0 Å². The number of rotatable bonds is 3. The van der Waals surface area contributed by atoms with Crippen molar-refractivity contribution in [3.8, 4) is 6.07 Å². The van der Waals surface area contributed by atoms with Gasteiger partial charge in [0.05, 0.1) is 18.2 Å². The molecule has 0 atom stereocenters. The van der Waals surface area contributed by atoms with Crippen LogP contribution in [0, 0.1) is 18.3 Å². The molecule has 20 heavy (non-hydrogen) atoms. The number of likely N-dealkylation sites (N-methyl/N-ethyl adjacent to an activating group) is 1. The Labute approximate surface area is 119 Å². The Kier molecular flexibility index (Phi) is 4.59. The van der Waals surface area contributed by atoms with E-state index < -0.39 is 0 Å². The molecule has 106 valence electrons. The van der Waals surface area contributed by atoms with Gasteiger partial charge in [0.25, 0.3) is 0 Å². The zero-order chi connectivity index (χ0) is 14.5. The largest absolute Gasteiger partial charge is 0.365 e. The zero-order valence-corrected chi connectivity index (χ0v) is 12.0. The molecule has 0 spiro atoms. The highest BCUT2D eigenvalue weighted by Gasteiger charge is 2.17. The minimum atomic E-state index is 0.149. The molecule has 1 heterocycles. The average Bonchev–Trinajstić information content (AvgIpc) is 2.48. The molecule has 1 aromatic carbocycles. The summed E-state index contributed by atoms with van der Waals surface area (Å²) in [6.07, 6.45) is 0. The smallest absolute Gasteiger partial charge is 0.242 e. The van der Waals surface area contributed by atoms with Gasteiger partial charge in [-0.2, -0.15) is 5.26 Å². The second-order valence-corrected chi connectivity index (χ2v) is 5.10. The van der Waals surface area contributed by atoms with Gasteiger partial charge >= 0.3 is 0 Å². The van der Waals surface area contributed by atoms with Gasteiger partial charge in [-0.05, 0) is 30.7 Å². The van der Waals surface area contributed by atoms with Crippen LogP contribution in [0.25, 0.3) is 0 Å². The average molecular weight is 272 g/mol. The standard InChI is InChI=1S/C15H20N4O/c1-12-9-14(4-3-13(12)10-16)18(2)11-15(20)19-7-5-17-6-8-19/h3-4,9,17H,5-8,11H2,1-2H3. The lowest BCUT2D eigenvalue weighted by Gasteiger charge is -2.30. The van der Waals surface area contributed by atoms with Crippen LogP contribution in [-0.2, 0) is 4.79 Å². The van der Waals surface area contributed by atoms with Crippen molar-refractivity contribution >= 4 is 11.6 Å². The molecule has 5 nitrogen and oxygen atoms in total. The first-order valence-electron chi connectivity index (χ1n) is 6.82. The van der Waals surface area contributed by atoms with E-state index in [0.717, 1.165) is 37.4 Å². The van der Waals surface area contributed by atoms with E-state index in [1.54, 1.807) is 6.07 Å². The van der Waals surface area contributed by atoms with Crippen LogP contribution in [0.3, 0.4) is 0 Å². The summed E-state index contributed by atoms with van der Waals surface area (Å²) >= 11 is 0. The van der Waals surface area contributed by atoms with Crippen molar-refractivity contribution in [2.24, 2.45) is 0 Å². The lowest BCUT2D eigenvalue weighted by atomic mass is 10.1. The Morgan fingerprint density at radius 1 is 1.45 bits per heavy atom. The maximum atomic E-state index is 12.2. The summed E-state index contributed by atoms with van der Waals surface area (Å²) in [5.74, 6) is 0.149. The normalized spacial score (nSPS) is 14.8. The first kappa shape index (κ1) is 14.4. The Balaban J connectivity index is 2.00. The third-order valence-corrected chi connectivity index (χ3v) is 3.61. The van der Waals surface area contributed by atoms with E-state index in [2.05, 4.69) is 11.4 Å². The van der Waals surface area contributed by atoms with Gasteiger partial charge in [-0.25, -0.2) is 0 Å². The Bertz CT molecular complexity index is 529. The van der Waals surface area contributed by atoms with Gasteiger partial charge < -0.3 is 15.1 Å². The van der Waals surface area contributed by atoms with Crippen molar-refractivity contribution in [2.45, 2.75) is 6.92 Å². The third-order valence-electron chi connectivity index (χ3n) is 3.61. The van der Waals surface area contributed by atoms with Crippen molar-refractivity contribution in [3.05, 3.63) is 29.3 Å². The fourth-order valence-electron chi connectivity index (χ4n) is 2.32. The molecule has 0 bridgehead atoms. The summed E-state index contributed by atoms with van der Waals surface area (Å²) in [7, 11) is 1.90. The summed E-state index contributed by atoms with van der Waals surface area (Å²) in [6.45, 7) is 5.56. The Morgan fingerprint density at radius 2 is 2.15 bits per heavy atom. The second kappa shape index (κ2) is 6.40. The predicted octanol–water partition coefficient (Wildman–Crippen LogP) is 0.735. The molecule has 0 aliphatic carbocycles.